The fraction of sp³-hybridized carbons (Fsp3) is 0.150. The molecule has 0 aliphatic rings. The fourth-order valence-corrected chi connectivity index (χ4v) is 3.10. The summed E-state index contributed by atoms with van der Waals surface area (Å²) >= 11 is 6.37. The third-order valence-electron chi connectivity index (χ3n) is 3.95. The van der Waals surface area contributed by atoms with Gasteiger partial charge in [-0.2, -0.15) is 0 Å². The minimum Gasteiger partial charge on any atom is -0.369 e. The maximum Gasteiger partial charge on any atom is 0.221 e. The van der Waals surface area contributed by atoms with E-state index in [2.05, 4.69) is 9.97 Å². The lowest BCUT2D eigenvalue weighted by Crippen LogP contribution is -2.13. The number of halogens is 1. The highest BCUT2D eigenvalue weighted by molar-refractivity contribution is 6.33. The van der Waals surface area contributed by atoms with Gasteiger partial charge in [-0.15, -0.1) is 0 Å². The van der Waals surface area contributed by atoms with Crippen molar-refractivity contribution in [3.8, 4) is 22.4 Å². The summed E-state index contributed by atoms with van der Waals surface area (Å²) in [5.74, 6) is -0.372. The first kappa shape index (κ1) is 17.1. The van der Waals surface area contributed by atoms with Crippen LogP contribution in [-0.4, -0.2) is 15.9 Å². The summed E-state index contributed by atoms with van der Waals surface area (Å²) in [7, 11) is 0. The Balaban J connectivity index is 1.91. The van der Waals surface area contributed by atoms with Gasteiger partial charge in [-0.3, -0.25) is 14.8 Å². The molecule has 0 radical (unpaired) electrons. The molecule has 1 heterocycles. The van der Waals surface area contributed by atoms with Gasteiger partial charge in [0, 0.05) is 22.3 Å². The molecule has 126 valence electrons. The van der Waals surface area contributed by atoms with Gasteiger partial charge in [-0.25, -0.2) is 0 Å². The normalized spacial score (nSPS) is 10.7. The minimum absolute atomic E-state index is 0.185. The molecule has 0 saturated heterocycles. The van der Waals surface area contributed by atoms with Gasteiger partial charge in [0.05, 0.1) is 23.5 Å². The number of primary amides is 1. The topological polar surface area (TPSA) is 68.9 Å². The molecule has 1 aromatic heterocycles. The Bertz CT molecular complexity index is 936. The van der Waals surface area contributed by atoms with Crippen molar-refractivity contribution in [3.05, 3.63) is 70.6 Å². The lowest BCUT2D eigenvalue weighted by Gasteiger charge is -2.09. The summed E-state index contributed by atoms with van der Waals surface area (Å²) < 4.78 is 0. The highest BCUT2D eigenvalue weighted by Crippen LogP contribution is 2.31. The molecule has 4 nitrogen and oxygen atoms in total. The van der Waals surface area contributed by atoms with E-state index in [9.17, 15) is 4.79 Å². The Labute approximate surface area is 151 Å². The number of aromatic nitrogens is 2. The Kier molecular flexibility index (Phi) is 4.81. The van der Waals surface area contributed by atoms with Gasteiger partial charge < -0.3 is 5.73 Å². The van der Waals surface area contributed by atoms with E-state index >= 15 is 0 Å². The average molecular weight is 352 g/mol. The molecule has 0 spiro atoms. The standard InChI is InChI=1S/C20H18ClN3O/c1-12-11-23-20(13(2)24-12)16-6-4-15(5-7-16)17-8-3-14(9-18(17)21)10-19(22)25/h3-9,11H,10H2,1-2H3,(H2,22,25). The number of rotatable bonds is 4. The molecule has 0 saturated carbocycles. The van der Waals surface area contributed by atoms with E-state index in [1.165, 1.54) is 0 Å². The molecule has 3 rings (SSSR count). The van der Waals surface area contributed by atoms with Crippen LogP contribution in [0.1, 0.15) is 17.0 Å². The maximum atomic E-state index is 11.0. The van der Waals surface area contributed by atoms with Crippen LogP contribution >= 0.6 is 11.6 Å². The van der Waals surface area contributed by atoms with Crippen LogP contribution in [0.4, 0.5) is 0 Å². The molecule has 2 N–H and O–H groups in total. The van der Waals surface area contributed by atoms with Crippen LogP contribution in [0.25, 0.3) is 22.4 Å². The zero-order valence-corrected chi connectivity index (χ0v) is 14.8. The van der Waals surface area contributed by atoms with Crippen LogP contribution in [0, 0.1) is 13.8 Å². The number of carbonyl (C=O) groups is 1. The highest BCUT2D eigenvalue weighted by atomic mass is 35.5. The number of hydrogen-bond acceptors (Lipinski definition) is 3. The van der Waals surface area contributed by atoms with Crippen LogP contribution in [0.15, 0.2) is 48.7 Å². The second-order valence-electron chi connectivity index (χ2n) is 5.98. The first-order valence-corrected chi connectivity index (χ1v) is 8.29. The molecule has 3 aromatic rings. The average Bonchev–Trinajstić information content (AvgIpc) is 2.55. The van der Waals surface area contributed by atoms with Crippen molar-refractivity contribution in [2.24, 2.45) is 5.73 Å². The van der Waals surface area contributed by atoms with Gasteiger partial charge in [-0.1, -0.05) is 48.0 Å². The zero-order valence-electron chi connectivity index (χ0n) is 14.1. The van der Waals surface area contributed by atoms with Gasteiger partial charge >= 0.3 is 0 Å². The first-order chi connectivity index (χ1) is 11.9. The van der Waals surface area contributed by atoms with Gasteiger partial charge in [0.25, 0.3) is 0 Å². The summed E-state index contributed by atoms with van der Waals surface area (Å²) in [5, 5.41) is 0.595. The largest absolute Gasteiger partial charge is 0.369 e. The molecule has 25 heavy (non-hydrogen) atoms. The number of aryl methyl sites for hydroxylation is 2. The van der Waals surface area contributed by atoms with Gasteiger partial charge in [0.2, 0.25) is 5.91 Å². The molecule has 1 amide bonds. The van der Waals surface area contributed by atoms with E-state index in [1.54, 1.807) is 12.3 Å². The SMILES string of the molecule is Cc1cnc(-c2ccc(-c3ccc(CC(N)=O)cc3Cl)cc2)c(C)n1. The van der Waals surface area contributed by atoms with E-state index in [-0.39, 0.29) is 12.3 Å². The van der Waals surface area contributed by atoms with E-state index in [4.69, 9.17) is 17.3 Å². The Morgan fingerprint density at radius 1 is 1.08 bits per heavy atom. The van der Waals surface area contributed by atoms with Crippen LogP contribution in [0.5, 0.6) is 0 Å². The van der Waals surface area contributed by atoms with Crippen molar-refractivity contribution in [2.75, 3.05) is 0 Å². The van der Waals surface area contributed by atoms with E-state index in [0.717, 1.165) is 39.3 Å². The van der Waals surface area contributed by atoms with E-state index < -0.39 is 0 Å². The summed E-state index contributed by atoms with van der Waals surface area (Å²) in [6, 6.07) is 13.6. The van der Waals surface area contributed by atoms with Crippen molar-refractivity contribution >= 4 is 17.5 Å². The number of nitrogens with zero attached hydrogens (tertiary/aromatic N) is 2. The first-order valence-electron chi connectivity index (χ1n) is 7.92. The fourth-order valence-electron chi connectivity index (χ4n) is 2.79. The van der Waals surface area contributed by atoms with Crippen molar-refractivity contribution in [1.82, 2.24) is 9.97 Å². The van der Waals surface area contributed by atoms with Crippen LogP contribution in [0.2, 0.25) is 5.02 Å². The predicted octanol–water partition coefficient (Wildman–Crippen LogP) is 4.11. The molecule has 0 atom stereocenters. The predicted molar refractivity (Wildman–Crippen MR) is 100 cm³/mol. The smallest absolute Gasteiger partial charge is 0.221 e. The lowest BCUT2D eigenvalue weighted by atomic mass is 10.00. The Morgan fingerprint density at radius 3 is 2.36 bits per heavy atom. The van der Waals surface area contributed by atoms with Crippen LogP contribution in [-0.2, 0) is 11.2 Å². The van der Waals surface area contributed by atoms with Crippen molar-refractivity contribution in [1.29, 1.82) is 0 Å². The van der Waals surface area contributed by atoms with Crippen molar-refractivity contribution in [2.45, 2.75) is 20.3 Å². The third-order valence-corrected chi connectivity index (χ3v) is 4.26. The highest BCUT2D eigenvalue weighted by Gasteiger charge is 2.09. The number of amides is 1. The molecule has 0 aliphatic heterocycles. The molecule has 2 aromatic carbocycles. The minimum atomic E-state index is -0.372. The summed E-state index contributed by atoms with van der Waals surface area (Å²) in [5.41, 5.74) is 11.6. The lowest BCUT2D eigenvalue weighted by molar-refractivity contribution is -0.117. The molecule has 0 bridgehead atoms. The summed E-state index contributed by atoms with van der Waals surface area (Å²) in [4.78, 5) is 20.0. The molecule has 0 unspecified atom stereocenters. The van der Waals surface area contributed by atoms with Crippen molar-refractivity contribution in [3.63, 3.8) is 0 Å². The molecular weight excluding hydrogens is 334 g/mol. The second-order valence-corrected chi connectivity index (χ2v) is 6.39. The Morgan fingerprint density at radius 2 is 1.76 bits per heavy atom. The third kappa shape index (κ3) is 3.86. The number of carbonyl (C=O) groups excluding carboxylic acids is 1. The maximum absolute atomic E-state index is 11.0. The van der Waals surface area contributed by atoms with Crippen LogP contribution < -0.4 is 5.73 Å². The summed E-state index contributed by atoms with van der Waals surface area (Å²) in [6.07, 6.45) is 1.95. The second kappa shape index (κ2) is 7.03. The van der Waals surface area contributed by atoms with E-state index in [0.29, 0.717) is 5.02 Å². The monoisotopic (exact) mass is 351 g/mol. The molecule has 0 fully saturated rings. The molecule has 5 heteroatoms. The van der Waals surface area contributed by atoms with Gasteiger partial charge in [0.1, 0.15) is 0 Å². The number of nitrogens with two attached hydrogens (primary N) is 1. The zero-order chi connectivity index (χ0) is 18.0. The van der Waals surface area contributed by atoms with Gasteiger partial charge in [0.15, 0.2) is 0 Å². The van der Waals surface area contributed by atoms with E-state index in [1.807, 2.05) is 50.2 Å². The van der Waals surface area contributed by atoms with Gasteiger partial charge in [-0.05, 0) is 31.0 Å². The summed E-state index contributed by atoms with van der Waals surface area (Å²) in [6.45, 7) is 3.88. The van der Waals surface area contributed by atoms with Crippen molar-refractivity contribution < 1.29 is 4.79 Å². The number of hydrogen-bond donors (Lipinski definition) is 1. The van der Waals surface area contributed by atoms with Crippen LogP contribution in [0.3, 0.4) is 0 Å². The Hall–Kier alpha value is -2.72. The molecular formula is C20H18ClN3O. The quantitative estimate of drug-likeness (QED) is 0.769. The number of benzene rings is 2. The molecule has 0 aliphatic carbocycles.